The second kappa shape index (κ2) is 18.4. The Morgan fingerprint density at radius 1 is 1.15 bits per heavy atom. The SMILES string of the molecule is CCCc1cc(Cl)ccc1C1COc2ccc(C(O)C(=O)NSc3ccc(F)c(F)c3)cc2N(CC2CCC2C(/C=C/CCN(C)C(C)=O)OC)C1. The quantitative estimate of drug-likeness (QED) is 0.121. The van der Waals surface area contributed by atoms with Gasteiger partial charge < -0.3 is 24.4 Å². The molecule has 5 rings (SSSR count). The van der Waals surface area contributed by atoms with Gasteiger partial charge in [0.15, 0.2) is 17.7 Å². The van der Waals surface area contributed by atoms with Crippen LogP contribution < -0.4 is 14.4 Å². The van der Waals surface area contributed by atoms with Crippen molar-refractivity contribution in [1.29, 1.82) is 0 Å². The number of anilines is 1. The summed E-state index contributed by atoms with van der Waals surface area (Å²) in [5.74, 6) is -1.37. The lowest BCUT2D eigenvalue weighted by atomic mass is 9.70. The third kappa shape index (κ3) is 9.86. The van der Waals surface area contributed by atoms with Crippen molar-refractivity contribution in [3.05, 3.63) is 100 Å². The monoisotopic (exact) mass is 755 g/mol. The molecular weight excluding hydrogens is 708 g/mol. The van der Waals surface area contributed by atoms with E-state index in [1.807, 2.05) is 18.2 Å². The number of amides is 2. The van der Waals surface area contributed by atoms with Crippen molar-refractivity contribution in [1.82, 2.24) is 9.62 Å². The number of aryl methyl sites for hydroxylation is 1. The zero-order valence-corrected chi connectivity index (χ0v) is 31.7. The molecule has 3 aromatic rings. The van der Waals surface area contributed by atoms with Gasteiger partial charge in [0.1, 0.15) is 5.75 Å². The molecule has 5 atom stereocenters. The van der Waals surface area contributed by atoms with Crippen LogP contribution >= 0.6 is 23.5 Å². The van der Waals surface area contributed by atoms with Crippen LogP contribution in [0.5, 0.6) is 5.75 Å². The minimum Gasteiger partial charge on any atom is -0.491 e. The Kier molecular flexibility index (Phi) is 14.0. The molecule has 1 saturated carbocycles. The smallest absolute Gasteiger partial charge is 0.263 e. The summed E-state index contributed by atoms with van der Waals surface area (Å²) in [4.78, 5) is 29.0. The van der Waals surface area contributed by atoms with Gasteiger partial charge >= 0.3 is 0 Å². The maximum atomic E-state index is 13.7. The number of nitrogens with zero attached hydrogens (tertiary/aromatic N) is 2. The highest BCUT2D eigenvalue weighted by Crippen LogP contribution is 2.43. The molecule has 280 valence electrons. The Morgan fingerprint density at radius 3 is 2.65 bits per heavy atom. The van der Waals surface area contributed by atoms with Crippen molar-refractivity contribution in [2.45, 2.75) is 69.0 Å². The minimum absolute atomic E-state index is 0.0327. The van der Waals surface area contributed by atoms with E-state index in [1.54, 1.807) is 38.1 Å². The van der Waals surface area contributed by atoms with Crippen LogP contribution in [0.3, 0.4) is 0 Å². The number of aliphatic hydroxyl groups excluding tert-OH is 1. The predicted octanol–water partition coefficient (Wildman–Crippen LogP) is 7.88. The largest absolute Gasteiger partial charge is 0.491 e. The number of hydrogen-bond acceptors (Lipinski definition) is 7. The van der Waals surface area contributed by atoms with Gasteiger partial charge in [-0.05, 0) is 109 Å². The van der Waals surface area contributed by atoms with Gasteiger partial charge in [0.05, 0.1) is 18.4 Å². The van der Waals surface area contributed by atoms with E-state index in [2.05, 4.69) is 34.8 Å². The van der Waals surface area contributed by atoms with Crippen LogP contribution in [0.1, 0.15) is 68.2 Å². The Hall–Kier alpha value is -3.64. The second-order valence-corrected chi connectivity index (χ2v) is 15.0. The van der Waals surface area contributed by atoms with E-state index in [-0.39, 0.29) is 23.8 Å². The maximum Gasteiger partial charge on any atom is 0.263 e. The first kappa shape index (κ1) is 39.6. The highest BCUT2D eigenvalue weighted by Gasteiger charge is 2.39. The lowest BCUT2D eigenvalue weighted by molar-refractivity contribution is -0.128. The normalized spacial score (nSPS) is 19.6. The van der Waals surface area contributed by atoms with Gasteiger partial charge in [-0.15, -0.1) is 0 Å². The number of halogens is 3. The van der Waals surface area contributed by atoms with E-state index in [4.69, 9.17) is 21.1 Å². The van der Waals surface area contributed by atoms with Crippen molar-refractivity contribution >= 4 is 41.1 Å². The van der Waals surface area contributed by atoms with E-state index in [9.17, 15) is 23.5 Å². The van der Waals surface area contributed by atoms with E-state index in [0.717, 1.165) is 61.9 Å². The van der Waals surface area contributed by atoms with Crippen LogP contribution in [0.2, 0.25) is 5.02 Å². The van der Waals surface area contributed by atoms with Crippen molar-refractivity contribution in [3.8, 4) is 5.75 Å². The van der Waals surface area contributed by atoms with Crippen molar-refractivity contribution in [2.75, 3.05) is 45.3 Å². The first-order chi connectivity index (χ1) is 25.0. The topological polar surface area (TPSA) is 91.3 Å². The summed E-state index contributed by atoms with van der Waals surface area (Å²) in [6.45, 7) is 6.16. The number of carbonyl (C=O) groups is 2. The number of benzene rings is 3. The van der Waals surface area contributed by atoms with Crippen LogP contribution in [0, 0.1) is 23.5 Å². The Labute approximate surface area is 314 Å². The molecule has 2 N–H and O–H groups in total. The van der Waals surface area contributed by atoms with Gasteiger partial charge in [-0.1, -0.05) is 49.2 Å². The number of fused-ring (bicyclic) bond motifs is 1. The third-order valence-electron chi connectivity index (χ3n) is 10.1. The molecule has 52 heavy (non-hydrogen) atoms. The molecular formula is C40H48ClF2N3O5S. The number of hydrogen-bond donors (Lipinski definition) is 2. The van der Waals surface area contributed by atoms with Gasteiger partial charge in [-0.25, -0.2) is 8.78 Å². The average molecular weight is 756 g/mol. The summed E-state index contributed by atoms with van der Waals surface area (Å²) in [6.07, 6.45) is 7.27. The molecule has 12 heteroatoms. The van der Waals surface area contributed by atoms with Gasteiger partial charge in [0.25, 0.3) is 5.91 Å². The summed E-state index contributed by atoms with van der Waals surface area (Å²) < 4.78 is 42.1. The van der Waals surface area contributed by atoms with Crippen LogP contribution in [0.4, 0.5) is 14.5 Å². The lowest BCUT2D eigenvalue weighted by Gasteiger charge is -2.43. The number of methoxy groups -OCH3 is 1. The van der Waals surface area contributed by atoms with Crippen molar-refractivity contribution in [2.24, 2.45) is 11.8 Å². The average Bonchev–Trinajstić information content (AvgIpc) is 3.30. The van der Waals surface area contributed by atoms with Crippen LogP contribution in [0.25, 0.3) is 0 Å². The number of nitrogens with one attached hydrogen (secondary N) is 1. The predicted molar refractivity (Wildman–Crippen MR) is 202 cm³/mol. The first-order valence-corrected chi connectivity index (χ1v) is 19.0. The van der Waals surface area contributed by atoms with Gasteiger partial charge in [-0.2, -0.15) is 0 Å². The number of ether oxygens (including phenoxy) is 2. The summed E-state index contributed by atoms with van der Waals surface area (Å²) in [7, 11) is 3.53. The number of aliphatic hydroxyl groups is 1. The molecule has 1 heterocycles. The molecule has 2 amide bonds. The fourth-order valence-corrected chi connectivity index (χ4v) is 7.77. The van der Waals surface area contributed by atoms with Crippen LogP contribution in [0.15, 0.2) is 71.6 Å². The molecule has 2 aliphatic rings. The summed E-state index contributed by atoms with van der Waals surface area (Å²) in [5.41, 5.74) is 3.55. The van der Waals surface area contributed by atoms with Gasteiger partial charge in [0.2, 0.25) is 5.91 Å². The Morgan fingerprint density at radius 2 is 1.96 bits per heavy atom. The Bertz CT molecular complexity index is 1750. The molecule has 1 fully saturated rings. The second-order valence-electron chi connectivity index (χ2n) is 13.6. The molecule has 0 radical (unpaired) electrons. The highest BCUT2D eigenvalue weighted by atomic mass is 35.5. The van der Waals surface area contributed by atoms with Crippen LogP contribution in [-0.2, 0) is 20.7 Å². The molecule has 3 aromatic carbocycles. The van der Waals surface area contributed by atoms with Gasteiger partial charge in [-0.3, -0.25) is 14.3 Å². The highest BCUT2D eigenvalue weighted by molar-refractivity contribution is 7.98. The van der Waals surface area contributed by atoms with E-state index < -0.39 is 23.6 Å². The summed E-state index contributed by atoms with van der Waals surface area (Å²) >= 11 is 7.23. The van der Waals surface area contributed by atoms with Crippen molar-refractivity contribution < 1.29 is 33.0 Å². The third-order valence-corrected chi connectivity index (χ3v) is 11.1. The first-order valence-electron chi connectivity index (χ1n) is 17.8. The number of carbonyl (C=O) groups excluding carboxylic acids is 2. The van der Waals surface area contributed by atoms with Gasteiger partial charge in [0, 0.05) is 56.6 Å². The zero-order valence-electron chi connectivity index (χ0n) is 30.1. The van der Waals surface area contributed by atoms with E-state index in [0.29, 0.717) is 53.4 Å². The molecule has 0 spiro atoms. The van der Waals surface area contributed by atoms with E-state index in [1.165, 1.54) is 17.2 Å². The Balaban J connectivity index is 1.38. The molecule has 0 saturated heterocycles. The fraction of sp³-hybridized carbons (Fsp3) is 0.450. The van der Waals surface area contributed by atoms with E-state index >= 15 is 0 Å². The fourth-order valence-electron chi connectivity index (χ4n) is 6.95. The summed E-state index contributed by atoms with van der Waals surface area (Å²) in [5, 5.41) is 11.9. The minimum atomic E-state index is -1.52. The molecule has 1 aliphatic carbocycles. The van der Waals surface area contributed by atoms with Crippen molar-refractivity contribution in [3.63, 3.8) is 0 Å². The molecule has 8 nitrogen and oxygen atoms in total. The molecule has 1 aliphatic heterocycles. The maximum absolute atomic E-state index is 13.7. The standard InChI is InChI=1S/C40H48ClF2N3O5S/c1-5-8-26-19-30(41)12-15-32(26)29-23-46(22-28-10-14-33(28)37(50-4)9-6-7-18-45(3)25(2)47)36-20-27(11-17-38(36)51-24-29)39(48)40(49)44-52-31-13-16-34(42)35(43)21-31/h6,9,11-13,15-17,19-21,28-29,33,37,39,48H,5,7-8,10,14,18,22-24H2,1-4H3,(H,44,49)/b9-6+. The molecule has 0 aromatic heterocycles. The molecule has 5 unspecified atom stereocenters. The summed E-state index contributed by atoms with van der Waals surface area (Å²) in [6, 6.07) is 14.7. The lowest BCUT2D eigenvalue weighted by Crippen LogP contribution is -2.44. The number of rotatable bonds is 15. The molecule has 0 bridgehead atoms. The van der Waals surface area contributed by atoms with Crippen LogP contribution in [-0.4, -0.2) is 68.3 Å². The zero-order chi connectivity index (χ0) is 37.4.